The molecule has 4 aromatic rings. The fourth-order valence-electron chi connectivity index (χ4n) is 6.30. The van der Waals surface area contributed by atoms with E-state index in [0.717, 1.165) is 10.9 Å². The first-order chi connectivity index (χ1) is 17.1. The molecule has 1 aliphatic heterocycles. The zero-order chi connectivity index (χ0) is 24.3. The van der Waals surface area contributed by atoms with Gasteiger partial charge in [0.15, 0.2) is 0 Å². The summed E-state index contributed by atoms with van der Waals surface area (Å²) in [5.74, 6) is 0. The van der Waals surface area contributed by atoms with Crippen LogP contribution in [0.2, 0.25) is 0 Å². The van der Waals surface area contributed by atoms with Gasteiger partial charge in [0, 0.05) is 5.69 Å². The summed E-state index contributed by atoms with van der Waals surface area (Å²) < 4.78 is 2.41. The maximum absolute atomic E-state index is 4.62. The number of para-hydroxylation sites is 1. The van der Waals surface area contributed by atoms with Crippen LogP contribution in [-0.2, 0) is 5.41 Å². The lowest BCUT2D eigenvalue weighted by Gasteiger charge is -2.39. The van der Waals surface area contributed by atoms with Crippen molar-refractivity contribution in [2.45, 2.75) is 26.2 Å². The van der Waals surface area contributed by atoms with Crippen molar-refractivity contribution in [1.29, 1.82) is 0 Å². The smallest absolute Gasteiger partial charge is 0.0754 e. The number of aryl methyl sites for hydroxylation is 1. The van der Waals surface area contributed by atoms with E-state index >= 15 is 0 Å². The fraction of sp³-hybridized carbons (Fsp3) is 0.118. The molecule has 1 aromatic heterocycles. The Bertz CT molecular complexity index is 1710. The molecule has 1 nitrogen and oxygen atoms in total. The molecule has 1 unspecified atom stereocenters. The molecule has 0 saturated carbocycles. The number of rotatable bonds is 3. The van der Waals surface area contributed by atoms with Gasteiger partial charge in [-0.2, -0.15) is 0 Å². The van der Waals surface area contributed by atoms with Crippen molar-refractivity contribution >= 4 is 18.2 Å². The molecule has 0 bridgehead atoms. The zero-order valence-electron chi connectivity index (χ0n) is 20.6. The van der Waals surface area contributed by atoms with Crippen molar-refractivity contribution in [3.63, 3.8) is 0 Å². The van der Waals surface area contributed by atoms with Crippen LogP contribution in [0, 0.1) is 13.8 Å². The first kappa shape index (κ1) is 21.4. The van der Waals surface area contributed by atoms with Gasteiger partial charge in [0.2, 0.25) is 0 Å². The molecule has 1 spiro atoms. The SMILES string of the molecule is C=C/C=C\c1c(C)c(=C)c2n1-c1ccccc1C1(C=2/C=C\C)c2ccccc2-c2ccc(C)cc21. The molecule has 2 heterocycles. The van der Waals surface area contributed by atoms with Gasteiger partial charge in [0.25, 0.3) is 0 Å². The fourth-order valence-corrected chi connectivity index (χ4v) is 6.30. The molecule has 35 heavy (non-hydrogen) atoms. The molecule has 3 aromatic carbocycles. The Hall–Kier alpha value is -4.10. The molecule has 2 aliphatic rings. The number of nitrogens with zero attached hydrogens (tertiary/aromatic N) is 1. The monoisotopic (exact) mass is 451 g/mol. The normalized spacial score (nSPS) is 17.6. The molecule has 0 N–H and O–H groups in total. The summed E-state index contributed by atoms with van der Waals surface area (Å²) in [6, 6.07) is 24.7. The Morgan fingerprint density at radius 3 is 2.31 bits per heavy atom. The van der Waals surface area contributed by atoms with Crippen molar-refractivity contribution in [3.05, 3.63) is 142 Å². The molecule has 0 saturated heterocycles. The number of aromatic nitrogens is 1. The second-order valence-electron chi connectivity index (χ2n) is 9.54. The van der Waals surface area contributed by atoms with Gasteiger partial charge in [-0.25, -0.2) is 0 Å². The predicted octanol–water partition coefficient (Wildman–Crippen LogP) is 6.76. The van der Waals surface area contributed by atoms with Gasteiger partial charge < -0.3 is 4.57 Å². The van der Waals surface area contributed by atoms with E-state index in [9.17, 15) is 0 Å². The van der Waals surface area contributed by atoms with Crippen LogP contribution in [0.15, 0.2) is 97.6 Å². The average molecular weight is 452 g/mol. The third kappa shape index (κ3) is 2.64. The summed E-state index contributed by atoms with van der Waals surface area (Å²) in [7, 11) is 0. The molecule has 0 fully saturated rings. The van der Waals surface area contributed by atoms with E-state index in [4.69, 9.17) is 0 Å². The topological polar surface area (TPSA) is 4.93 Å². The lowest BCUT2D eigenvalue weighted by molar-refractivity contribution is 0.771. The van der Waals surface area contributed by atoms with Gasteiger partial charge in [0.05, 0.1) is 16.5 Å². The van der Waals surface area contributed by atoms with Crippen molar-refractivity contribution < 1.29 is 0 Å². The summed E-state index contributed by atoms with van der Waals surface area (Å²) in [5.41, 5.74) is 12.3. The Morgan fingerprint density at radius 1 is 0.829 bits per heavy atom. The van der Waals surface area contributed by atoms with Crippen LogP contribution in [0.5, 0.6) is 0 Å². The van der Waals surface area contributed by atoms with Gasteiger partial charge in [0.1, 0.15) is 0 Å². The van der Waals surface area contributed by atoms with Gasteiger partial charge in [-0.3, -0.25) is 0 Å². The van der Waals surface area contributed by atoms with Crippen LogP contribution in [0.4, 0.5) is 0 Å². The van der Waals surface area contributed by atoms with Gasteiger partial charge in [-0.05, 0) is 77.1 Å². The molecule has 0 amide bonds. The van der Waals surface area contributed by atoms with E-state index in [2.05, 4.69) is 123 Å². The molecular weight excluding hydrogens is 422 g/mol. The Balaban J connectivity index is 1.94. The van der Waals surface area contributed by atoms with Crippen LogP contribution < -0.4 is 10.6 Å². The van der Waals surface area contributed by atoms with E-state index in [1.165, 1.54) is 55.6 Å². The Labute approximate surface area is 207 Å². The highest BCUT2D eigenvalue weighted by atomic mass is 15.0. The van der Waals surface area contributed by atoms with Crippen molar-refractivity contribution in [2.24, 2.45) is 0 Å². The number of hydrogen-bond acceptors (Lipinski definition) is 0. The predicted molar refractivity (Wildman–Crippen MR) is 149 cm³/mol. The van der Waals surface area contributed by atoms with Crippen LogP contribution in [0.3, 0.4) is 0 Å². The third-order valence-electron chi connectivity index (χ3n) is 7.72. The van der Waals surface area contributed by atoms with E-state index in [0.29, 0.717) is 0 Å². The van der Waals surface area contributed by atoms with Gasteiger partial charge in [-0.1, -0.05) is 104 Å². The lowest BCUT2D eigenvalue weighted by atomic mass is 9.65. The van der Waals surface area contributed by atoms with Crippen molar-refractivity contribution in [2.75, 3.05) is 0 Å². The third-order valence-corrected chi connectivity index (χ3v) is 7.72. The van der Waals surface area contributed by atoms with Crippen LogP contribution in [0.25, 0.3) is 35.0 Å². The summed E-state index contributed by atoms with van der Waals surface area (Å²) >= 11 is 0. The number of allylic oxidation sites excluding steroid dienone is 4. The summed E-state index contributed by atoms with van der Waals surface area (Å²) in [4.78, 5) is 0. The molecule has 1 heteroatoms. The molecule has 6 rings (SSSR count). The largest absolute Gasteiger partial charge is 0.309 e. The summed E-state index contributed by atoms with van der Waals surface area (Å²) in [6.07, 6.45) is 10.5. The lowest BCUT2D eigenvalue weighted by Crippen LogP contribution is -2.44. The number of benzene rings is 3. The molecule has 0 radical (unpaired) electrons. The molecule has 170 valence electrons. The van der Waals surface area contributed by atoms with E-state index in [-0.39, 0.29) is 0 Å². The minimum atomic E-state index is -0.409. The summed E-state index contributed by atoms with van der Waals surface area (Å²) in [6.45, 7) is 15.0. The molecule has 1 aliphatic carbocycles. The summed E-state index contributed by atoms with van der Waals surface area (Å²) in [5, 5.41) is 2.27. The highest BCUT2D eigenvalue weighted by molar-refractivity contribution is 5.96. The maximum atomic E-state index is 4.62. The standard InChI is InChI=1S/C34H29N/c1-6-8-17-31-23(4)24(5)33-29(13-7-2)34(28-16-11-12-18-32(28)35(31)33)27-15-10-9-14-25(27)26-20-19-22(3)21-30(26)34/h6-21H,1,5H2,2-4H3/b13-7-,17-8-. The van der Waals surface area contributed by atoms with Crippen LogP contribution in [-0.4, -0.2) is 4.57 Å². The second kappa shape index (κ2) is 7.71. The Kier molecular flexibility index (Phi) is 4.72. The van der Waals surface area contributed by atoms with Crippen molar-refractivity contribution in [3.8, 4) is 16.8 Å². The number of hydrogen-bond donors (Lipinski definition) is 0. The Morgan fingerprint density at radius 2 is 1.54 bits per heavy atom. The number of fused-ring (bicyclic) bond motifs is 9. The quantitative estimate of drug-likeness (QED) is 0.303. The van der Waals surface area contributed by atoms with E-state index in [1.54, 1.807) is 0 Å². The maximum Gasteiger partial charge on any atom is 0.0754 e. The van der Waals surface area contributed by atoms with E-state index in [1.807, 2.05) is 12.2 Å². The highest BCUT2D eigenvalue weighted by Crippen LogP contribution is 2.58. The van der Waals surface area contributed by atoms with Crippen LogP contribution >= 0.6 is 0 Å². The highest BCUT2D eigenvalue weighted by Gasteiger charge is 2.50. The molecule has 1 atom stereocenters. The van der Waals surface area contributed by atoms with Crippen molar-refractivity contribution in [1.82, 2.24) is 4.57 Å². The van der Waals surface area contributed by atoms with Crippen LogP contribution in [0.1, 0.15) is 40.4 Å². The zero-order valence-corrected chi connectivity index (χ0v) is 20.6. The molecular formula is C34H29N. The van der Waals surface area contributed by atoms with Gasteiger partial charge >= 0.3 is 0 Å². The van der Waals surface area contributed by atoms with E-state index < -0.39 is 5.41 Å². The first-order valence-corrected chi connectivity index (χ1v) is 12.2. The average Bonchev–Trinajstić information content (AvgIpc) is 3.30. The second-order valence-corrected chi connectivity index (χ2v) is 9.54. The minimum Gasteiger partial charge on any atom is -0.309 e. The first-order valence-electron chi connectivity index (χ1n) is 12.2. The van der Waals surface area contributed by atoms with Gasteiger partial charge in [-0.15, -0.1) is 0 Å². The minimum absolute atomic E-state index is 0.409.